The van der Waals surface area contributed by atoms with Crippen LogP contribution in [0.3, 0.4) is 0 Å². The Kier molecular flexibility index (Phi) is 13.2. The predicted octanol–water partition coefficient (Wildman–Crippen LogP) is 5.67. The number of hydrogen-bond acceptors (Lipinski definition) is 6. The summed E-state index contributed by atoms with van der Waals surface area (Å²) in [5.74, 6) is 4.22. The number of ketones is 1. The highest BCUT2D eigenvalue weighted by Gasteiger charge is 2.62. The molecular weight excluding hydrogens is 520 g/mol. The van der Waals surface area contributed by atoms with Crippen LogP contribution in [-0.4, -0.2) is 62.3 Å². The number of fused-ring (bicyclic) bond motifs is 5. The van der Waals surface area contributed by atoms with Crippen LogP contribution in [-0.2, 0) is 4.79 Å². The maximum atomic E-state index is 12.0. The molecule has 0 spiro atoms. The monoisotopic (exact) mass is 589 g/mol. The Bertz CT molecular complexity index is 824. The molecular formula is C36H68N4O2. The zero-order valence-electron chi connectivity index (χ0n) is 27.9. The molecule has 0 aromatic carbocycles. The molecule has 0 aromatic heterocycles. The van der Waals surface area contributed by atoms with Gasteiger partial charge in [0.1, 0.15) is 5.78 Å². The fraction of sp³-hybridized carbons (Fsp3) is 0.972. The van der Waals surface area contributed by atoms with Crippen molar-refractivity contribution in [1.82, 2.24) is 16.0 Å². The van der Waals surface area contributed by atoms with E-state index in [9.17, 15) is 9.90 Å². The van der Waals surface area contributed by atoms with Gasteiger partial charge in [0.25, 0.3) is 0 Å². The van der Waals surface area contributed by atoms with Gasteiger partial charge < -0.3 is 26.8 Å². The van der Waals surface area contributed by atoms with Gasteiger partial charge in [-0.1, -0.05) is 27.7 Å². The summed E-state index contributed by atoms with van der Waals surface area (Å²) in [6.45, 7) is 15.8. The summed E-state index contributed by atoms with van der Waals surface area (Å²) in [5.41, 5.74) is 6.27. The second kappa shape index (κ2) is 16.2. The van der Waals surface area contributed by atoms with Crippen molar-refractivity contribution in [3.05, 3.63) is 0 Å². The summed E-state index contributed by atoms with van der Waals surface area (Å²) in [6.07, 6.45) is 17.1. The minimum absolute atomic E-state index is 0.132. The van der Waals surface area contributed by atoms with Crippen LogP contribution in [0.1, 0.15) is 124 Å². The molecule has 0 radical (unpaired) electrons. The van der Waals surface area contributed by atoms with Crippen LogP contribution >= 0.6 is 0 Å². The van der Waals surface area contributed by atoms with E-state index < -0.39 is 0 Å². The Hall–Kier alpha value is -0.530. The number of rotatable bonds is 18. The first-order valence-corrected chi connectivity index (χ1v) is 18.3. The van der Waals surface area contributed by atoms with Crippen LogP contribution in [0.5, 0.6) is 0 Å². The zero-order valence-corrected chi connectivity index (χ0v) is 27.9. The van der Waals surface area contributed by atoms with Crippen molar-refractivity contribution in [1.29, 1.82) is 0 Å². The minimum Gasteiger partial charge on any atom is -0.393 e. The highest BCUT2D eigenvalue weighted by atomic mass is 16.3. The summed E-state index contributed by atoms with van der Waals surface area (Å²) in [7, 11) is 0. The van der Waals surface area contributed by atoms with Crippen molar-refractivity contribution in [2.75, 3.05) is 39.3 Å². The van der Waals surface area contributed by atoms with Crippen molar-refractivity contribution < 1.29 is 9.90 Å². The van der Waals surface area contributed by atoms with E-state index in [-0.39, 0.29) is 6.10 Å². The van der Waals surface area contributed by atoms with Crippen LogP contribution in [0.4, 0.5) is 0 Å². The number of nitrogens with two attached hydrogens (primary N) is 1. The normalized spacial score (nSPS) is 38.5. The van der Waals surface area contributed by atoms with Gasteiger partial charge >= 0.3 is 0 Å². The molecule has 6 heteroatoms. The van der Waals surface area contributed by atoms with Crippen molar-refractivity contribution in [2.24, 2.45) is 52.1 Å². The number of hydrogen-bond donors (Lipinski definition) is 5. The van der Waals surface area contributed by atoms with Crippen molar-refractivity contribution in [3.8, 4) is 0 Å². The molecule has 4 saturated carbocycles. The largest absolute Gasteiger partial charge is 0.393 e. The lowest BCUT2D eigenvalue weighted by Gasteiger charge is -2.62. The van der Waals surface area contributed by atoms with Crippen LogP contribution in [0, 0.1) is 46.3 Å². The Morgan fingerprint density at radius 1 is 0.881 bits per heavy atom. The van der Waals surface area contributed by atoms with Crippen molar-refractivity contribution >= 4 is 5.78 Å². The fourth-order valence-corrected chi connectivity index (χ4v) is 10.6. The van der Waals surface area contributed by atoms with Gasteiger partial charge in [0, 0.05) is 18.9 Å². The third kappa shape index (κ3) is 8.00. The molecule has 6 N–H and O–H groups in total. The van der Waals surface area contributed by atoms with Gasteiger partial charge in [0.05, 0.1) is 6.10 Å². The molecule has 3 unspecified atom stereocenters. The van der Waals surface area contributed by atoms with E-state index in [1.54, 1.807) is 0 Å². The maximum absolute atomic E-state index is 12.0. The maximum Gasteiger partial charge on any atom is 0.132 e. The lowest BCUT2D eigenvalue weighted by Crippen LogP contribution is -2.59. The number of unbranched alkanes of at least 4 members (excludes halogenated alkanes) is 1. The number of aliphatic hydroxyl groups is 1. The van der Waals surface area contributed by atoms with E-state index >= 15 is 0 Å². The highest BCUT2D eigenvalue weighted by molar-refractivity contribution is 5.77. The molecule has 0 amide bonds. The van der Waals surface area contributed by atoms with E-state index in [4.69, 9.17) is 5.73 Å². The first kappa shape index (κ1) is 34.3. The first-order chi connectivity index (χ1) is 20.2. The van der Waals surface area contributed by atoms with Crippen LogP contribution in [0.2, 0.25) is 0 Å². The van der Waals surface area contributed by atoms with E-state index in [0.717, 1.165) is 65.0 Å². The molecule has 42 heavy (non-hydrogen) atoms. The summed E-state index contributed by atoms with van der Waals surface area (Å²) in [5, 5.41) is 22.7. The number of aliphatic hydroxyl groups excluding tert-OH is 1. The highest BCUT2D eigenvalue weighted by Crippen LogP contribution is 2.68. The third-order valence-corrected chi connectivity index (χ3v) is 13.2. The van der Waals surface area contributed by atoms with Crippen molar-refractivity contribution in [3.63, 3.8) is 0 Å². The number of carbonyl (C=O) groups is 1. The van der Waals surface area contributed by atoms with Gasteiger partial charge in [-0.3, -0.25) is 4.79 Å². The third-order valence-electron chi connectivity index (χ3n) is 13.2. The molecule has 4 rings (SSSR count). The second-order valence-electron chi connectivity index (χ2n) is 15.6. The molecule has 0 aromatic rings. The quantitative estimate of drug-likeness (QED) is 0.132. The Morgan fingerprint density at radius 2 is 1.55 bits per heavy atom. The van der Waals surface area contributed by atoms with Gasteiger partial charge in [-0.25, -0.2) is 0 Å². The lowest BCUT2D eigenvalue weighted by atomic mass is 9.43. The molecule has 4 aliphatic rings. The Labute approximate surface area is 258 Å². The number of nitrogens with one attached hydrogen (secondary N) is 3. The second-order valence-corrected chi connectivity index (χ2v) is 15.6. The van der Waals surface area contributed by atoms with E-state index in [1.165, 1.54) is 64.2 Å². The molecule has 4 aliphatic carbocycles. The molecule has 6 nitrogen and oxygen atoms in total. The molecule has 0 aliphatic heterocycles. The smallest absolute Gasteiger partial charge is 0.132 e. The molecule has 0 saturated heterocycles. The number of carbonyl (C=O) groups excluding carboxylic acids is 1. The Balaban J connectivity index is 1.20. The summed E-state index contributed by atoms with van der Waals surface area (Å²) < 4.78 is 0. The van der Waals surface area contributed by atoms with E-state index in [0.29, 0.717) is 64.6 Å². The van der Waals surface area contributed by atoms with Crippen molar-refractivity contribution in [2.45, 2.75) is 136 Å². The fourth-order valence-electron chi connectivity index (χ4n) is 10.6. The molecule has 244 valence electrons. The SMILES string of the molecule is CCC(=O)CC[C@@H](C)[C@H]1CCC2C3C(CC[C@@]21C)[C@@]1(C)CC[C@H](NCCCNCCCCNCCCN)C[C@@H]1C[C@H]3O. The van der Waals surface area contributed by atoms with E-state index in [1.807, 2.05) is 6.92 Å². The first-order valence-electron chi connectivity index (χ1n) is 18.3. The predicted molar refractivity (Wildman–Crippen MR) is 175 cm³/mol. The summed E-state index contributed by atoms with van der Waals surface area (Å²) in [6, 6.07) is 0.614. The van der Waals surface area contributed by atoms with Gasteiger partial charge in [0.2, 0.25) is 0 Å². The molecule has 0 bridgehead atoms. The lowest BCUT2D eigenvalue weighted by molar-refractivity contribution is -0.167. The summed E-state index contributed by atoms with van der Waals surface area (Å²) >= 11 is 0. The van der Waals surface area contributed by atoms with Crippen LogP contribution < -0.4 is 21.7 Å². The van der Waals surface area contributed by atoms with E-state index in [2.05, 4.69) is 36.7 Å². The van der Waals surface area contributed by atoms with Crippen LogP contribution in [0.25, 0.3) is 0 Å². The molecule has 10 atom stereocenters. The topological polar surface area (TPSA) is 99.4 Å². The summed E-state index contributed by atoms with van der Waals surface area (Å²) in [4.78, 5) is 12.0. The van der Waals surface area contributed by atoms with Gasteiger partial charge in [-0.15, -0.1) is 0 Å². The minimum atomic E-state index is -0.132. The number of Topliss-reactive ketones (excluding diaryl/α,β-unsaturated/α-hetero) is 1. The zero-order chi connectivity index (χ0) is 30.2. The average Bonchev–Trinajstić information content (AvgIpc) is 3.34. The molecule has 0 heterocycles. The Morgan fingerprint density at radius 3 is 2.26 bits per heavy atom. The van der Waals surface area contributed by atoms with Crippen LogP contribution in [0.15, 0.2) is 0 Å². The van der Waals surface area contributed by atoms with Gasteiger partial charge in [-0.05, 0) is 169 Å². The average molecular weight is 589 g/mol. The molecule has 4 fully saturated rings. The van der Waals surface area contributed by atoms with Gasteiger partial charge in [0.15, 0.2) is 0 Å². The standard InChI is InChI=1S/C36H68N4O2/c1-5-29(41)11-10-26(2)30-12-13-31-34-32(15-17-36(30,31)4)35(3)16-14-28(24-27(35)25-33(34)42)40-23-9-22-39-20-7-6-19-38-21-8-18-37/h26-28,30-34,38-40,42H,5-25,37H2,1-4H3/t26-,27-,28+,30-,31?,32?,33-,34?,35+,36-/m1/s1. The van der Waals surface area contributed by atoms with Gasteiger partial charge in [-0.2, -0.15) is 0 Å².